The lowest BCUT2D eigenvalue weighted by Crippen LogP contribution is -2.51. The van der Waals surface area contributed by atoms with Gasteiger partial charge in [0, 0.05) is 24.7 Å². The molecule has 1 aromatic heterocycles. The third kappa shape index (κ3) is 6.10. The molecule has 1 fully saturated rings. The normalized spacial score (nSPS) is 16.6. The number of likely N-dealkylation sites (tertiary alicyclic amines) is 1. The highest BCUT2D eigenvalue weighted by molar-refractivity contribution is 5.75. The van der Waals surface area contributed by atoms with Gasteiger partial charge in [-0.1, -0.05) is 6.07 Å². The minimum absolute atomic E-state index is 0.0252. The molecule has 0 unspecified atom stereocenters. The maximum absolute atomic E-state index is 12.6. The lowest BCUT2D eigenvalue weighted by Gasteiger charge is -2.34. The second kappa shape index (κ2) is 7.49. The van der Waals surface area contributed by atoms with E-state index < -0.39 is 11.9 Å². The number of alkyl halides is 3. The summed E-state index contributed by atoms with van der Waals surface area (Å²) in [4.78, 5) is 17.3. The molecule has 0 aromatic carbocycles. The lowest BCUT2D eigenvalue weighted by molar-refractivity contribution is -0.141. The molecule has 1 aromatic rings. The molecule has 0 aliphatic carbocycles. The van der Waals surface area contributed by atoms with Crippen LogP contribution in [-0.2, 0) is 6.18 Å². The van der Waals surface area contributed by atoms with Crippen LogP contribution in [0, 0.1) is 5.92 Å². The number of carbonyl (C=O) groups is 1. The topological polar surface area (TPSA) is 54.5 Å². The fourth-order valence-electron chi connectivity index (χ4n) is 2.56. The zero-order valence-corrected chi connectivity index (χ0v) is 14.7. The van der Waals surface area contributed by atoms with Gasteiger partial charge < -0.3 is 15.0 Å². The Morgan fingerprint density at radius 2 is 1.92 bits per heavy atom. The summed E-state index contributed by atoms with van der Waals surface area (Å²) in [5.74, 6) is 0.165. The Morgan fingerprint density at radius 1 is 1.28 bits per heavy atom. The molecule has 2 amide bonds. The predicted octanol–water partition coefficient (Wildman–Crippen LogP) is 3.70. The maximum Gasteiger partial charge on any atom is 0.433 e. The number of hydrogen-bond donors (Lipinski definition) is 1. The Kier molecular flexibility index (Phi) is 5.80. The van der Waals surface area contributed by atoms with Gasteiger partial charge in [-0.3, -0.25) is 0 Å². The van der Waals surface area contributed by atoms with E-state index in [0.717, 1.165) is 18.9 Å². The number of hydrogen-bond acceptors (Lipinski definition) is 3. The monoisotopic (exact) mass is 359 g/mol. The zero-order chi connectivity index (χ0) is 18.7. The number of rotatable bonds is 3. The third-order valence-corrected chi connectivity index (χ3v) is 3.86. The first-order valence-corrected chi connectivity index (χ1v) is 8.29. The van der Waals surface area contributed by atoms with Crippen molar-refractivity contribution in [1.29, 1.82) is 0 Å². The number of pyridine rings is 1. The number of nitrogens with one attached hydrogen (secondary N) is 1. The minimum Gasteiger partial charge on any atom is -0.477 e. The van der Waals surface area contributed by atoms with Crippen LogP contribution in [0.2, 0.25) is 0 Å². The van der Waals surface area contributed by atoms with E-state index >= 15 is 0 Å². The van der Waals surface area contributed by atoms with E-state index in [-0.39, 0.29) is 23.4 Å². The van der Waals surface area contributed by atoms with E-state index in [1.807, 2.05) is 20.8 Å². The lowest BCUT2D eigenvalue weighted by atomic mass is 9.98. The number of ether oxygens (including phenoxy) is 1. The molecule has 0 saturated carbocycles. The maximum atomic E-state index is 12.6. The van der Waals surface area contributed by atoms with Crippen LogP contribution in [0.4, 0.5) is 18.0 Å². The first-order valence-electron chi connectivity index (χ1n) is 8.29. The van der Waals surface area contributed by atoms with E-state index in [1.165, 1.54) is 12.1 Å². The van der Waals surface area contributed by atoms with E-state index in [9.17, 15) is 18.0 Å². The largest absolute Gasteiger partial charge is 0.477 e. The molecule has 0 spiro atoms. The van der Waals surface area contributed by atoms with Gasteiger partial charge in [-0.05, 0) is 45.6 Å². The van der Waals surface area contributed by atoms with Crippen LogP contribution >= 0.6 is 0 Å². The van der Waals surface area contributed by atoms with Gasteiger partial charge in [0.1, 0.15) is 5.69 Å². The molecular weight excluding hydrogens is 335 g/mol. The number of amides is 2. The number of piperidine rings is 1. The van der Waals surface area contributed by atoms with Crippen molar-refractivity contribution in [2.24, 2.45) is 5.92 Å². The predicted molar refractivity (Wildman–Crippen MR) is 87.3 cm³/mol. The van der Waals surface area contributed by atoms with Crippen molar-refractivity contribution in [2.45, 2.75) is 45.3 Å². The Labute approximate surface area is 145 Å². The second-order valence-corrected chi connectivity index (χ2v) is 7.28. The van der Waals surface area contributed by atoms with Gasteiger partial charge in [0.25, 0.3) is 0 Å². The molecule has 2 heterocycles. The second-order valence-electron chi connectivity index (χ2n) is 7.28. The smallest absolute Gasteiger partial charge is 0.433 e. The van der Waals surface area contributed by atoms with Gasteiger partial charge >= 0.3 is 12.2 Å². The first-order chi connectivity index (χ1) is 11.5. The highest BCUT2D eigenvalue weighted by Crippen LogP contribution is 2.29. The minimum atomic E-state index is -4.48. The molecule has 1 N–H and O–H groups in total. The Bertz CT molecular complexity index is 592. The van der Waals surface area contributed by atoms with Crippen molar-refractivity contribution in [1.82, 2.24) is 15.2 Å². The quantitative estimate of drug-likeness (QED) is 0.895. The molecule has 0 radical (unpaired) electrons. The van der Waals surface area contributed by atoms with E-state index in [4.69, 9.17) is 4.74 Å². The van der Waals surface area contributed by atoms with Crippen molar-refractivity contribution in [2.75, 3.05) is 19.7 Å². The Hall–Kier alpha value is -1.99. The molecule has 1 aliphatic heterocycles. The fraction of sp³-hybridized carbons (Fsp3) is 0.647. The Balaban J connectivity index is 1.80. The highest BCUT2D eigenvalue weighted by Gasteiger charge is 2.32. The molecule has 2 rings (SSSR count). The molecule has 140 valence electrons. The van der Waals surface area contributed by atoms with Crippen LogP contribution in [0.25, 0.3) is 0 Å². The summed E-state index contributed by atoms with van der Waals surface area (Å²) in [5, 5.41) is 2.92. The summed E-state index contributed by atoms with van der Waals surface area (Å²) < 4.78 is 43.3. The average molecular weight is 359 g/mol. The van der Waals surface area contributed by atoms with Crippen LogP contribution in [-0.4, -0.2) is 41.2 Å². The van der Waals surface area contributed by atoms with Crippen LogP contribution in [0.3, 0.4) is 0 Å². The summed E-state index contributed by atoms with van der Waals surface area (Å²) in [7, 11) is 0. The van der Waals surface area contributed by atoms with Crippen molar-refractivity contribution >= 4 is 6.03 Å². The van der Waals surface area contributed by atoms with E-state index in [0.29, 0.717) is 19.7 Å². The highest BCUT2D eigenvalue weighted by atomic mass is 19.4. The summed E-state index contributed by atoms with van der Waals surface area (Å²) in [6.45, 7) is 7.27. The van der Waals surface area contributed by atoms with Crippen molar-refractivity contribution < 1.29 is 22.7 Å². The van der Waals surface area contributed by atoms with Gasteiger partial charge in [0.2, 0.25) is 5.88 Å². The van der Waals surface area contributed by atoms with Crippen molar-refractivity contribution in [3.63, 3.8) is 0 Å². The van der Waals surface area contributed by atoms with Gasteiger partial charge in [0.15, 0.2) is 0 Å². The molecule has 8 heteroatoms. The molecule has 25 heavy (non-hydrogen) atoms. The number of aromatic nitrogens is 1. The molecule has 5 nitrogen and oxygen atoms in total. The summed E-state index contributed by atoms with van der Waals surface area (Å²) in [6, 6.07) is 3.52. The zero-order valence-electron chi connectivity index (χ0n) is 14.7. The summed E-state index contributed by atoms with van der Waals surface area (Å²) in [6.07, 6.45) is -2.99. The van der Waals surface area contributed by atoms with Gasteiger partial charge in [-0.15, -0.1) is 0 Å². The standard InChI is InChI=1S/C17H24F3N3O2/c1-16(2,3)22-15(24)23-9-7-12(8-10-23)11-25-14-6-4-5-13(21-14)17(18,19)20/h4-6,12H,7-11H2,1-3H3,(H,22,24). The van der Waals surface area contributed by atoms with Crippen molar-refractivity contribution in [3.05, 3.63) is 23.9 Å². The van der Waals surface area contributed by atoms with Crippen molar-refractivity contribution in [3.8, 4) is 5.88 Å². The van der Waals surface area contributed by atoms with Crippen LogP contribution in [0.5, 0.6) is 5.88 Å². The number of carbonyl (C=O) groups excluding carboxylic acids is 1. The first kappa shape index (κ1) is 19.3. The molecule has 0 bridgehead atoms. The average Bonchev–Trinajstić information content (AvgIpc) is 2.51. The van der Waals surface area contributed by atoms with Gasteiger partial charge in [-0.2, -0.15) is 13.2 Å². The molecule has 1 saturated heterocycles. The van der Waals surface area contributed by atoms with Crippen LogP contribution in [0.1, 0.15) is 39.3 Å². The van der Waals surface area contributed by atoms with Gasteiger partial charge in [0.05, 0.1) is 6.61 Å². The fourth-order valence-corrected chi connectivity index (χ4v) is 2.56. The summed E-state index contributed by atoms with van der Waals surface area (Å²) in [5.41, 5.74) is -1.25. The van der Waals surface area contributed by atoms with Crippen LogP contribution < -0.4 is 10.1 Å². The summed E-state index contributed by atoms with van der Waals surface area (Å²) >= 11 is 0. The molecule has 0 atom stereocenters. The molecular formula is C17H24F3N3O2. The van der Waals surface area contributed by atoms with E-state index in [1.54, 1.807) is 4.90 Å². The van der Waals surface area contributed by atoms with Crippen LogP contribution in [0.15, 0.2) is 18.2 Å². The Morgan fingerprint density at radius 3 is 2.48 bits per heavy atom. The third-order valence-electron chi connectivity index (χ3n) is 3.86. The van der Waals surface area contributed by atoms with Gasteiger partial charge in [-0.25, -0.2) is 9.78 Å². The van der Waals surface area contributed by atoms with E-state index in [2.05, 4.69) is 10.3 Å². The number of urea groups is 1. The number of halogens is 3. The number of nitrogens with zero attached hydrogens (tertiary/aromatic N) is 2. The SMILES string of the molecule is CC(C)(C)NC(=O)N1CCC(COc2cccc(C(F)(F)F)n2)CC1. The molecule has 1 aliphatic rings.